The smallest absolute Gasteiger partial charge is 0.189 e. The topological polar surface area (TPSA) is 42.7 Å². The zero-order chi connectivity index (χ0) is 11.7. The predicted octanol–water partition coefficient (Wildman–Crippen LogP) is 2.46. The van der Waals surface area contributed by atoms with E-state index in [2.05, 4.69) is 15.3 Å². The number of anilines is 1. The van der Waals surface area contributed by atoms with Gasteiger partial charge in [-0.3, -0.25) is 4.57 Å². The average Bonchev–Trinajstić information content (AvgIpc) is 2.97. The van der Waals surface area contributed by atoms with Gasteiger partial charge < -0.3 is 5.32 Å². The number of rotatable bonds is 1. The Bertz CT molecular complexity index is 506. The molecule has 1 aliphatic rings. The van der Waals surface area contributed by atoms with Crippen LogP contribution < -0.4 is 5.32 Å². The molecule has 88 valence electrons. The van der Waals surface area contributed by atoms with Gasteiger partial charge in [0.15, 0.2) is 10.2 Å². The highest BCUT2D eigenvalue weighted by Gasteiger charge is 2.15. The van der Waals surface area contributed by atoms with Crippen LogP contribution in [-0.4, -0.2) is 19.6 Å². The molecule has 2 heterocycles. The van der Waals surface area contributed by atoms with E-state index >= 15 is 0 Å². The number of fused-ring (bicyclic) bond motifs is 1. The molecule has 0 aromatic carbocycles. The van der Waals surface area contributed by atoms with Crippen molar-refractivity contribution in [2.75, 3.05) is 5.32 Å². The first-order valence-corrected chi connectivity index (χ1v) is 6.83. The van der Waals surface area contributed by atoms with E-state index in [1.165, 1.54) is 23.4 Å². The number of nitrogens with one attached hydrogen (secondary N) is 1. The second kappa shape index (κ2) is 4.54. The second-order valence-corrected chi connectivity index (χ2v) is 5.47. The van der Waals surface area contributed by atoms with E-state index in [9.17, 15) is 0 Å². The van der Waals surface area contributed by atoms with Crippen LogP contribution >= 0.6 is 23.6 Å². The summed E-state index contributed by atoms with van der Waals surface area (Å²) in [5, 5.41) is 4.68. The van der Waals surface area contributed by atoms with Crippen molar-refractivity contribution >= 4 is 33.8 Å². The molecule has 2 aromatic rings. The fourth-order valence-electron chi connectivity index (χ4n) is 1.94. The lowest BCUT2D eigenvalue weighted by Crippen LogP contribution is -2.17. The van der Waals surface area contributed by atoms with E-state index in [4.69, 9.17) is 12.2 Å². The molecular weight excluding hydrogens is 252 g/mol. The first-order chi connectivity index (χ1) is 8.33. The number of hydrogen-bond acceptors (Lipinski definition) is 4. The summed E-state index contributed by atoms with van der Waals surface area (Å²) in [4.78, 5) is 9.96. The van der Waals surface area contributed by atoms with Crippen LogP contribution in [0.1, 0.15) is 23.4 Å². The summed E-state index contributed by atoms with van der Waals surface area (Å²) in [5.41, 5.74) is 1.25. The molecule has 2 aromatic heterocycles. The number of aryl methyl sites for hydroxylation is 2. The Morgan fingerprint density at radius 1 is 1.41 bits per heavy atom. The van der Waals surface area contributed by atoms with E-state index in [0.717, 1.165) is 18.0 Å². The summed E-state index contributed by atoms with van der Waals surface area (Å²) in [6.07, 6.45) is 10.0. The molecule has 0 aliphatic heterocycles. The van der Waals surface area contributed by atoms with Crippen LogP contribution in [0, 0.1) is 0 Å². The van der Waals surface area contributed by atoms with E-state index in [1.54, 1.807) is 28.4 Å². The van der Waals surface area contributed by atoms with Crippen molar-refractivity contribution in [1.82, 2.24) is 14.5 Å². The van der Waals surface area contributed by atoms with Crippen LogP contribution in [0.4, 0.5) is 5.13 Å². The molecule has 0 bridgehead atoms. The SMILES string of the molecule is S=C(Nc1nc2c(s1)CCCC2)n1ccnc1. The van der Waals surface area contributed by atoms with Crippen LogP contribution in [-0.2, 0) is 12.8 Å². The Kier molecular flexibility index (Phi) is 2.90. The zero-order valence-corrected chi connectivity index (χ0v) is 10.9. The molecule has 0 atom stereocenters. The molecule has 0 saturated carbocycles. The molecule has 1 aliphatic carbocycles. The molecule has 6 heteroatoms. The summed E-state index contributed by atoms with van der Waals surface area (Å²) < 4.78 is 1.77. The Morgan fingerprint density at radius 2 is 2.29 bits per heavy atom. The van der Waals surface area contributed by atoms with Gasteiger partial charge in [-0.2, -0.15) is 0 Å². The van der Waals surface area contributed by atoms with Crippen molar-refractivity contribution in [3.63, 3.8) is 0 Å². The standard InChI is InChI=1S/C11H12N4S2/c16-11(15-6-5-12-7-15)14-10-13-8-3-1-2-4-9(8)17-10/h5-7H,1-4H2,(H,13,14,16). The summed E-state index contributed by atoms with van der Waals surface area (Å²) in [6, 6.07) is 0. The van der Waals surface area contributed by atoms with Gasteiger partial charge in [0, 0.05) is 17.3 Å². The van der Waals surface area contributed by atoms with E-state index in [0.29, 0.717) is 5.11 Å². The maximum absolute atomic E-state index is 5.28. The van der Waals surface area contributed by atoms with E-state index < -0.39 is 0 Å². The molecule has 0 unspecified atom stereocenters. The molecule has 0 radical (unpaired) electrons. The molecule has 3 rings (SSSR count). The first kappa shape index (κ1) is 10.9. The fraction of sp³-hybridized carbons (Fsp3) is 0.364. The summed E-state index contributed by atoms with van der Waals surface area (Å²) in [7, 11) is 0. The number of nitrogens with zero attached hydrogens (tertiary/aromatic N) is 3. The number of imidazole rings is 1. The molecule has 4 nitrogen and oxygen atoms in total. The molecule has 0 amide bonds. The van der Waals surface area contributed by atoms with Gasteiger partial charge in [0.05, 0.1) is 5.69 Å². The van der Waals surface area contributed by atoms with Crippen molar-refractivity contribution in [1.29, 1.82) is 0 Å². The second-order valence-electron chi connectivity index (χ2n) is 4.00. The Morgan fingerprint density at radius 3 is 3.06 bits per heavy atom. The number of hydrogen-bond donors (Lipinski definition) is 1. The number of aromatic nitrogens is 3. The number of thiazole rings is 1. The average molecular weight is 264 g/mol. The van der Waals surface area contributed by atoms with Gasteiger partial charge in [0.25, 0.3) is 0 Å². The van der Waals surface area contributed by atoms with Crippen molar-refractivity contribution < 1.29 is 0 Å². The normalized spacial score (nSPS) is 14.4. The highest BCUT2D eigenvalue weighted by Crippen LogP contribution is 2.29. The van der Waals surface area contributed by atoms with Crippen molar-refractivity contribution in [2.24, 2.45) is 0 Å². The third-order valence-corrected chi connectivity index (χ3v) is 4.18. The Labute approximate surface area is 109 Å². The van der Waals surface area contributed by atoms with E-state index in [1.807, 2.05) is 6.20 Å². The maximum Gasteiger partial charge on any atom is 0.189 e. The predicted molar refractivity (Wildman–Crippen MR) is 72.6 cm³/mol. The van der Waals surface area contributed by atoms with Gasteiger partial charge in [-0.1, -0.05) is 0 Å². The Hall–Kier alpha value is -1.27. The minimum atomic E-state index is 0.619. The van der Waals surface area contributed by atoms with Gasteiger partial charge in [0.1, 0.15) is 6.33 Å². The van der Waals surface area contributed by atoms with Crippen LogP contribution in [0.2, 0.25) is 0 Å². The fourth-order valence-corrected chi connectivity index (χ4v) is 3.26. The van der Waals surface area contributed by atoms with Gasteiger partial charge in [0.2, 0.25) is 0 Å². The third-order valence-electron chi connectivity index (χ3n) is 2.80. The van der Waals surface area contributed by atoms with Gasteiger partial charge in [-0.05, 0) is 37.9 Å². The van der Waals surface area contributed by atoms with Gasteiger partial charge in [-0.15, -0.1) is 11.3 Å². The highest BCUT2D eigenvalue weighted by molar-refractivity contribution is 7.80. The van der Waals surface area contributed by atoms with Crippen molar-refractivity contribution in [3.05, 3.63) is 29.3 Å². The summed E-state index contributed by atoms with van der Waals surface area (Å²) in [5.74, 6) is 0. The quantitative estimate of drug-likeness (QED) is 0.804. The first-order valence-electron chi connectivity index (χ1n) is 5.61. The van der Waals surface area contributed by atoms with Crippen molar-refractivity contribution in [2.45, 2.75) is 25.7 Å². The van der Waals surface area contributed by atoms with Gasteiger partial charge in [-0.25, -0.2) is 9.97 Å². The highest BCUT2D eigenvalue weighted by atomic mass is 32.1. The molecular formula is C11H12N4S2. The zero-order valence-electron chi connectivity index (χ0n) is 9.22. The van der Waals surface area contributed by atoms with Crippen LogP contribution in [0.15, 0.2) is 18.7 Å². The summed E-state index contributed by atoms with van der Waals surface area (Å²) >= 11 is 6.99. The lowest BCUT2D eigenvalue weighted by atomic mass is 10.0. The van der Waals surface area contributed by atoms with Crippen LogP contribution in [0.3, 0.4) is 0 Å². The monoisotopic (exact) mass is 264 g/mol. The van der Waals surface area contributed by atoms with E-state index in [-0.39, 0.29) is 0 Å². The molecule has 0 fully saturated rings. The maximum atomic E-state index is 5.28. The lowest BCUT2D eigenvalue weighted by Gasteiger charge is -2.06. The Balaban J connectivity index is 1.77. The third kappa shape index (κ3) is 2.23. The summed E-state index contributed by atoms with van der Waals surface area (Å²) in [6.45, 7) is 0. The molecule has 17 heavy (non-hydrogen) atoms. The minimum Gasteiger partial charge on any atom is -0.308 e. The molecule has 1 N–H and O–H groups in total. The lowest BCUT2D eigenvalue weighted by molar-refractivity contribution is 0.683. The number of thiocarbonyl (C=S) groups is 1. The largest absolute Gasteiger partial charge is 0.308 e. The van der Waals surface area contributed by atoms with Crippen LogP contribution in [0.25, 0.3) is 0 Å². The molecule has 0 saturated heterocycles. The van der Waals surface area contributed by atoms with Gasteiger partial charge >= 0.3 is 0 Å². The molecule has 0 spiro atoms. The van der Waals surface area contributed by atoms with Crippen LogP contribution in [0.5, 0.6) is 0 Å². The van der Waals surface area contributed by atoms with Crippen molar-refractivity contribution in [3.8, 4) is 0 Å². The minimum absolute atomic E-state index is 0.619.